The molecule has 5 heteroatoms. The first-order chi connectivity index (χ1) is 11.7. The van der Waals surface area contributed by atoms with Crippen molar-refractivity contribution in [1.29, 1.82) is 0 Å². The summed E-state index contributed by atoms with van der Waals surface area (Å²) in [4.78, 5) is 10.8. The van der Waals surface area contributed by atoms with Crippen LogP contribution in [-0.2, 0) is 0 Å². The third kappa shape index (κ3) is 2.32. The van der Waals surface area contributed by atoms with Gasteiger partial charge in [-0.15, -0.1) is 0 Å². The molecule has 4 rings (SSSR count). The zero-order chi connectivity index (χ0) is 16.5. The highest BCUT2D eigenvalue weighted by Gasteiger charge is 2.14. The maximum absolute atomic E-state index is 11.2. The van der Waals surface area contributed by atoms with Gasteiger partial charge in [0.05, 0.1) is 27.9 Å². The summed E-state index contributed by atoms with van der Waals surface area (Å²) in [7, 11) is 0. The van der Waals surface area contributed by atoms with Crippen LogP contribution in [0.25, 0.3) is 27.7 Å². The largest absolute Gasteiger partial charge is 0.277 e. The number of aromatic nitrogens is 2. The third-order valence-corrected chi connectivity index (χ3v) is 4.00. The molecular formula is C19H13N3O2. The molecule has 116 valence electrons. The lowest BCUT2D eigenvalue weighted by molar-refractivity contribution is -0.384. The highest BCUT2D eigenvalue weighted by Crippen LogP contribution is 2.30. The van der Waals surface area contributed by atoms with Crippen LogP contribution in [0.4, 0.5) is 5.69 Å². The molecule has 0 saturated heterocycles. The second kappa shape index (κ2) is 5.62. The predicted molar refractivity (Wildman–Crippen MR) is 93.2 cm³/mol. The van der Waals surface area contributed by atoms with E-state index in [9.17, 15) is 10.1 Å². The molecule has 0 bridgehead atoms. The Hall–Kier alpha value is -3.47. The van der Waals surface area contributed by atoms with E-state index in [0.717, 1.165) is 22.2 Å². The number of benzene rings is 3. The summed E-state index contributed by atoms with van der Waals surface area (Å²) in [5, 5.41) is 16.7. The van der Waals surface area contributed by atoms with Crippen molar-refractivity contribution in [3.05, 3.63) is 89.1 Å². The molecule has 0 saturated carbocycles. The maximum Gasteiger partial charge on any atom is 0.277 e. The van der Waals surface area contributed by atoms with Crippen molar-refractivity contribution in [3.63, 3.8) is 0 Å². The molecule has 0 aliphatic rings. The van der Waals surface area contributed by atoms with Gasteiger partial charge in [-0.2, -0.15) is 5.10 Å². The Morgan fingerprint density at radius 2 is 1.58 bits per heavy atom. The van der Waals surface area contributed by atoms with Crippen molar-refractivity contribution in [2.24, 2.45) is 0 Å². The van der Waals surface area contributed by atoms with Gasteiger partial charge in [-0.05, 0) is 29.8 Å². The molecule has 5 nitrogen and oxygen atoms in total. The smallest absolute Gasteiger partial charge is 0.258 e. The molecule has 4 aromatic rings. The van der Waals surface area contributed by atoms with E-state index in [4.69, 9.17) is 0 Å². The van der Waals surface area contributed by atoms with Crippen molar-refractivity contribution < 1.29 is 4.92 Å². The molecule has 0 aliphatic carbocycles. The van der Waals surface area contributed by atoms with Crippen LogP contribution in [0.2, 0.25) is 0 Å². The maximum atomic E-state index is 11.2. The molecule has 24 heavy (non-hydrogen) atoms. The quantitative estimate of drug-likeness (QED) is 0.410. The molecule has 0 radical (unpaired) electrons. The van der Waals surface area contributed by atoms with Gasteiger partial charge in [0, 0.05) is 11.5 Å². The summed E-state index contributed by atoms with van der Waals surface area (Å²) in [5.41, 5.74) is 3.46. The van der Waals surface area contributed by atoms with Gasteiger partial charge in [-0.3, -0.25) is 10.1 Å². The fourth-order valence-corrected chi connectivity index (χ4v) is 2.84. The lowest BCUT2D eigenvalue weighted by atomic mass is 10.0. The van der Waals surface area contributed by atoms with Crippen molar-refractivity contribution in [2.75, 3.05) is 0 Å². The van der Waals surface area contributed by atoms with E-state index >= 15 is 0 Å². The van der Waals surface area contributed by atoms with Gasteiger partial charge in [0.25, 0.3) is 5.69 Å². The molecule has 0 amide bonds. The van der Waals surface area contributed by atoms with Gasteiger partial charge in [0.1, 0.15) is 0 Å². The van der Waals surface area contributed by atoms with E-state index < -0.39 is 0 Å². The first-order valence-corrected chi connectivity index (χ1v) is 7.51. The minimum absolute atomic E-state index is 0.106. The third-order valence-electron chi connectivity index (χ3n) is 4.00. The fourth-order valence-electron chi connectivity index (χ4n) is 2.84. The normalized spacial score (nSPS) is 10.8. The van der Waals surface area contributed by atoms with Crippen molar-refractivity contribution in [3.8, 4) is 16.8 Å². The summed E-state index contributed by atoms with van der Waals surface area (Å²) in [6.07, 6.45) is 1.82. The van der Waals surface area contributed by atoms with Gasteiger partial charge >= 0.3 is 0 Å². The number of fused-ring (bicyclic) bond motifs is 1. The Labute approximate surface area is 137 Å². The number of hydrogen-bond donors (Lipinski definition) is 0. The van der Waals surface area contributed by atoms with E-state index in [2.05, 4.69) is 5.10 Å². The Balaban J connectivity index is 1.77. The van der Waals surface area contributed by atoms with Gasteiger partial charge in [-0.1, -0.05) is 42.5 Å². The van der Waals surface area contributed by atoms with E-state index in [0.29, 0.717) is 5.56 Å². The Bertz CT molecular complexity index is 1040. The molecule has 3 aromatic carbocycles. The summed E-state index contributed by atoms with van der Waals surface area (Å²) in [6, 6.07) is 22.3. The SMILES string of the molecule is O=[N+]([O-])c1ccccc1-c1ccc(-n2ncc3ccccc32)cc1. The molecule has 0 fully saturated rings. The average Bonchev–Trinajstić information content (AvgIpc) is 3.06. The number of nitro benzene ring substituents is 1. The lowest BCUT2D eigenvalue weighted by Crippen LogP contribution is -1.96. The minimum atomic E-state index is -0.357. The van der Waals surface area contributed by atoms with E-state index in [1.165, 1.54) is 6.07 Å². The summed E-state index contributed by atoms with van der Waals surface area (Å²) in [6.45, 7) is 0. The van der Waals surface area contributed by atoms with Crippen LogP contribution in [-0.4, -0.2) is 14.7 Å². The monoisotopic (exact) mass is 315 g/mol. The van der Waals surface area contributed by atoms with Gasteiger partial charge in [0.2, 0.25) is 0 Å². The van der Waals surface area contributed by atoms with Crippen LogP contribution >= 0.6 is 0 Å². The molecular weight excluding hydrogens is 302 g/mol. The number of nitrogens with zero attached hydrogens (tertiary/aromatic N) is 3. The van der Waals surface area contributed by atoms with Crippen molar-refractivity contribution >= 4 is 16.6 Å². The Morgan fingerprint density at radius 1 is 0.875 bits per heavy atom. The fraction of sp³-hybridized carbons (Fsp3) is 0. The van der Waals surface area contributed by atoms with Crippen molar-refractivity contribution in [1.82, 2.24) is 9.78 Å². The topological polar surface area (TPSA) is 61.0 Å². The van der Waals surface area contributed by atoms with Crippen molar-refractivity contribution in [2.45, 2.75) is 0 Å². The zero-order valence-corrected chi connectivity index (χ0v) is 12.7. The van der Waals surface area contributed by atoms with Gasteiger partial charge in [0.15, 0.2) is 0 Å². The van der Waals surface area contributed by atoms with E-state index in [1.807, 2.05) is 59.4 Å². The minimum Gasteiger partial charge on any atom is -0.258 e. The first-order valence-electron chi connectivity index (χ1n) is 7.51. The molecule has 1 aromatic heterocycles. The van der Waals surface area contributed by atoms with E-state index in [1.54, 1.807) is 18.2 Å². The second-order valence-corrected chi connectivity index (χ2v) is 5.44. The van der Waals surface area contributed by atoms with Crippen LogP contribution in [0.15, 0.2) is 79.0 Å². The number of hydrogen-bond acceptors (Lipinski definition) is 3. The number of para-hydroxylation sites is 2. The lowest BCUT2D eigenvalue weighted by Gasteiger charge is -2.06. The Morgan fingerprint density at radius 3 is 2.38 bits per heavy atom. The standard InChI is InChI=1S/C19H13N3O2/c23-22(24)19-8-4-2-6-17(19)14-9-11-16(12-10-14)21-18-7-3-1-5-15(18)13-20-21/h1-13H. The summed E-state index contributed by atoms with van der Waals surface area (Å²) >= 11 is 0. The zero-order valence-electron chi connectivity index (χ0n) is 12.7. The van der Waals surface area contributed by atoms with Gasteiger partial charge < -0.3 is 0 Å². The van der Waals surface area contributed by atoms with Gasteiger partial charge in [-0.25, -0.2) is 4.68 Å². The predicted octanol–water partition coefficient (Wildman–Crippen LogP) is 4.60. The molecule has 0 unspecified atom stereocenters. The van der Waals surface area contributed by atoms with E-state index in [-0.39, 0.29) is 10.6 Å². The molecule has 1 heterocycles. The molecule has 0 spiro atoms. The number of rotatable bonds is 3. The first kappa shape index (κ1) is 14.1. The van der Waals surface area contributed by atoms with Crippen LogP contribution < -0.4 is 0 Å². The molecule has 0 aliphatic heterocycles. The average molecular weight is 315 g/mol. The second-order valence-electron chi connectivity index (χ2n) is 5.44. The number of nitro groups is 1. The Kier molecular flexibility index (Phi) is 3.31. The highest BCUT2D eigenvalue weighted by atomic mass is 16.6. The van der Waals surface area contributed by atoms with Crippen LogP contribution in [0.3, 0.4) is 0 Å². The van der Waals surface area contributed by atoms with Crippen LogP contribution in [0, 0.1) is 10.1 Å². The highest BCUT2D eigenvalue weighted by molar-refractivity contribution is 5.80. The summed E-state index contributed by atoms with van der Waals surface area (Å²) in [5.74, 6) is 0. The summed E-state index contributed by atoms with van der Waals surface area (Å²) < 4.78 is 1.86. The molecule has 0 N–H and O–H groups in total. The molecule has 0 atom stereocenters. The van der Waals surface area contributed by atoms with Crippen LogP contribution in [0.1, 0.15) is 0 Å². The van der Waals surface area contributed by atoms with Crippen LogP contribution in [0.5, 0.6) is 0 Å².